The van der Waals surface area contributed by atoms with Crippen molar-refractivity contribution < 1.29 is 30.0 Å². The lowest BCUT2D eigenvalue weighted by Crippen LogP contribution is -2.33. The maximum absolute atomic E-state index is 12.7. The van der Waals surface area contributed by atoms with Crippen LogP contribution < -0.4 is 9.44 Å². The highest BCUT2D eigenvalue weighted by Gasteiger charge is 2.30. The van der Waals surface area contributed by atoms with Gasteiger partial charge in [-0.05, 0) is 72.7 Å². The first-order valence-corrected chi connectivity index (χ1v) is 15.1. The Morgan fingerprint density at radius 2 is 1.26 bits per heavy atom. The minimum Gasteiger partial charge on any atom is -0.214 e. The highest BCUT2D eigenvalue weighted by molar-refractivity contribution is 7.90. The van der Waals surface area contributed by atoms with E-state index in [1.165, 1.54) is 0 Å². The molecule has 3 aromatic rings. The van der Waals surface area contributed by atoms with E-state index in [1.54, 1.807) is 13.8 Å². The first-order valence-electron chi connectivity index (χ1n) is 12.0. The van der Waals surface area contributed by atoms with Gasteiger partial charge in [0.25, 0.3) is 0 Å². The second-order valence-corrected chi connectivity index (χ2v) is 13.4. The lowest BCUT2D eigenvalue weighted by molar-refractivity contribution is -0.137. The molecule has 0 spiro atoms. The van der Waals surface area contributed by atoms with Gasteiger partial charge in [0.05, 0.1) is 15.7 Å². The molecule has 0 fully saturated rings. The quantitative estimate of drug-likeness (QED) is 0.327. The molecule has 0 radical (unpaired) electrons. The van der Waals surface area contributed by atoms with Gasteiger partial charge in [0.15, 0.2) is 0 Å². The Morgan fingerprint density at radius 1 is 0.737 bits per heavy atom. The van der Waals surface area contributed by atoms with Crippen molar-refractivity contribution in [2.45, 2.75) is 49.4 Å². The molecule has 38 heavy (non-hydrogen) atoms. The van der Waals surface area contributed by atoms with Crippen molar-refractivity contribution in [2.75, 3.05) is 13.1 Å². The third-order valence-electron chi connectivity index (χ3n) is 6.18. The highest BCUT2D eigenvalue weighted by Crippen LogP contribution is 2.29. The van der Waals surface area contributed by atoms with Crippen LogP contribution in [0.25, 0.3) is 11.1 Å². The summed E-state index contributed by atoms with van der Waals surface area (Å²) in [7, 11) is -7.24. The van der Waals surface area contributed by atoms with Crippen molar-refractivity contribution in [2.24, 2.45) is 0 Å². The number of hydrogen-bond acceptors (Lipinski definition) is 4. The molecule has 2 N–H and O–H groups in total. The maximum atomic E-state index is 12.7. The van der Waals surface area contributed by atoms with E-state index in [2.05, 4.69) is 9.44 Å². The van der Waals surface area contributed by atoms with Crippen LogP contribution in [0.15, 0.2) is 77.7 Å². The Hall–Kier alpha value is -2.73. The van der Waals surface area contributed by atoms with Gasteiger partial charge in [0.1, 0.15) is 0 Å². The second-order valence-electron chi connectivity index (χ2n) is 9.33. The van der Waals surface area contributed by atoms with Gasteiger partial charge >= 0.3 is 6.18 Å². The second kappa shape index (κ2) is 12.0. The number of halogens is 3. The van der Waals surface area contributed by atoms with E-state index in [4.69, 9.17) is 0 Å². The normalized spacial score (nSPS) is 13.6. The van der Waals surface area contributed by atoms with E-state index in [1.807, 2.05) is 55.5 Å². The molecule has 0 heterocycles. The molecular weight excluding hydrogens is 537 g/mol. The van der Waals surface area contributed by atoms with Crippen LogP contribution in [0.5, 0.6) is 0 Å². The fraction of sp³-hybridized carbons (Fsp3) is 0.333. The molecule has 1 unspecified atom stereocenters. The van der Waals surface area contributed by atoms with Gasteiger partial charge in [-0.25, -0.2) is 26.3 Å². The molecule has 0 saturated carbocycles. The molecule has 1 atom stereocenters. The van der Waals surface area contributed by atoms with E-state index in [0.717, 1.165) is 46.5 Å². The molecule has 0 saturated heterocycles. The minimum atomic E-state index is -4.53. The minimum absolute atomic E-state index is 0.00584. The third kappa shape index (κ3) is 7.89. The lowest BCUT2D eigenvalue weighted by atomic mass is 9.97. The Morgan fingerprint density at radius 3 is 1.76 bits per heavy atom. The van der Waals surface area contributed by atoms with Crippen molar-refractivity contribution in [3.63, 3.8) is 0 Å². The van der Waals surface area contributed by atoms with Gasteiger partial charge in [-0.2, -0.15) is 13.2 Å². The van der Waals surface area contributed by atoms with Crippen LogP contribution in [0, 0.1) is 0 Å². The Kier molecular flexibility index (Phi) is 9.40. The van der Waals surface area contributed by atoms with Crippen molar-refractivity contribution in [3.8, 4) is 11.1 Å². The summed E-state index contributed by atoms with van der Waals surface area (Å²) >= 11 is 0. The van der Waals surface area contributed by atoms with Crippen molar-refractivity contribution >= 4 is 20.0 Å². The van der Waals surface area contributed by atoms with Gasteiger partial charge < -0.3 is 0 Å². The van der Waals surface area contributed by atoms with Crippen molar-refractivity contribution in [3.05, 3.63) is 89.5 Å². The molecule has 0 aromatic heterocycles. The molecule has 0 aliphatic carbocycles. The van der Waals surface area contributed by atoms with Crippen molar-refractivity contribution in [1.82, 2.24) is 9.44 Å². The summed E-state index contributed by atoms with van der Waals surface area (Å²) in [6, 6.07) is 18.9. The van der Waals surface area contributed by atoms with E-state index in [9.17, 15) is 30.0 Å². The Labute approximate surface area is 222 Å². The van der Waals surface area contributed by atoms with Crippen LogP contribution in [0.3, 0.4) is 0 Å². The predicted molar refractivity (Wildman–Crippen MR) is 143 cm³/mol. The summed E-state index contributed by atoms with van der Waals surface area (Å²) in [5, 5.41) is -0.487. The average molecular weight is 569 g/mol. The molecule has 0 aliphatic rings. The SMILES string of the molecule is CC(CNS(=O)(=O)C(C)C)c1ccc(-c2ccc(CCNS(=O)(=O)c3ccc(C(F)(F)F)cc3)cc2)cc1. The molecule has 206 valence electrons. The summed E-state index contributed by atoms with van der Waals surface area (Å²) in [4.78, 5) is -0.226. The van der Waals surface area contributed by atoms with Crippen LogP contribution in [0.1, 0.15) is 43.4 Å². The van der Waals surface area contributed by atoms with Crippen LogP contribution >= 0.6 is 0 Å². The number of sulfonamides is 2. The number of rotatable bonds is 11. The van der Waals surface area contributed by atoms with E-state index >= 15 is 0 Å². The molecule has 11 heteroatoms. The molecule has 0 amide bonds. The van der Waals surface area contributed by atoms with Gasteiger partial charge in [-0.15, -0.1) is 0 Å². The van der Waals surface area contributed by atoms with Gasteiger partial charge in [-0.1, -0.05) is 55.5 Å². The molecule has 3 rings (SSSR count). The molecule has 0 aliphatic heterocycles. The Balaban J connectivity index is 1.55. The maximum Gasteiger partial charge on any atom is 0.416 e. The lowest BCUT2D eigenvalue weighted by Gasteiger charge is -2.15. The number of nitrogens with one attached hydrogen (secondary N) is 2. The Bertz CT molecular complexity index is 1420. The van der Waals surface area contributed by atoms with E-state index < -0.39 is 37.0 Å². The third-order valence-corrected chi connectivity index (χ3v) is 9.46. The van der Waals surface area contributed by atoms with Crippen LogP contribution in [0.4, 0.5) is 13.2 Å². The van der Waals surface area contributed by atoms with E-state index in [-0.39, 0.29) is 17.4 Å². The zero-order valence-corrected chi connectivity index (χ0v) is 22.9. The number of alkyl halides is 3. The summed E-state index contributed by atoms with van der Waals surface area (Å²) in [6.45, 7) is 5.63. The van der Waals surface area contributed by atoms with Crippen LogP contribution in [-0.2, 0) is 32.6 Å². The fourth-order valence-electron chi connectivity index (χ4n) is 3.63. The summed E-state index contributed by atoms with van der Waals surface area (Å²) in [5.41, 5.74) is 2.95. The largest absolute Gasteiger partial charge is 0.416 e. The van der Waals surface area contributed by atoms with Gasteiger partial charge in [0.2, 0.25) is 20.0 Å². The number of benzene rings is 3. The first-order chi connectivity index (χ1) is 17.7. The molecule has 0 bridgehead atoms. The monoisotopic (exact) mass is 568 g/mol. The summed E-state index contributed by atoms with van der Waals surface area (Å²) in [6.07, 6.45) is -4.12. The fourth-order valence-corrected chi connectivity index (χ4v) is 5.48. The van der Waals surface area contributed by atoms with Gasteiger partial charge in [-0.3, -0.25) is 0 Å². The smallest absolute Gasteiger partial charge is 0.214 e. The standard InChI is InChI=1S/C27H31F3N2O4S2/c1-19(2)37(33,34)32-18-20(3)22-8-10-24(11-9-22)23-6-4-21(5-7-23)16-17-31-38(35,36)26-14-12-25(13-15-26)27(28,29)30/h4-15,19-20,31-32H,16-18H2,1-3H3. The highest BCUT2D eigenvalue weighted by atomic mass is 32.2. The van der Waals surface area contributed by atoms with Crippen LogP contribution in [-0.4, -0.2) is 35.2 Å². The molecule has 6 nitrogen and oxygen atoms in total. The zero-order valence-electron chi connectivity index (χ0n) is 21.3. The predicted octanol–water partition coefficient (Wildman–Crippen LogP) is 5.32. The number of hydrogen-bond donors (Lipinski definition) is 2. The summed E-state index contributed by atoms with van der Waals surface area (Å²) in [5.74, 6) is 0.00584. The first kappa shape index (κ1) is 29.8. The van der Waals surface area contributed by atoms with Gasteiger partial charge in [0, 0.05) is 13.1 Å². The topological polar surface area (TPSA) is 92.3 Å². The van der Waals surface area contributed by atoms with E-state index in [0.29, 0.717) is 13.0 Å². The summed E-state index contributed by atoms with van der Waals surface area (Å²) < 4.78 is 91.9. The van der Waals surface area contributed by atoms with Crippen LogP contribution in [0.2, 0.25) is 0 Å². The zero-order chi connectivity index (χ0) is 28.1. The molecular formula is C27H31F3N2O4S2. The molecule has 3 aromatic carbocycles. The van der Waals surface area contributed by atoms with Crippen molar-refractivity contribution in [1.29, 1.82) is 0 Å². The average Bonchev–Trinajstić information content (AvgIpc) is 2.87.